The fraction of sp³-hybridized carbons (Fsp3) is 0.857. The van der Waals surface area contributed by atoms with Crippen LogP contribution in [0.2, 0.25) is 0 Å². The monoisotopic (exact) mass is 177 g/mol. The van der Waals surface area contributed by atoms with Gasteiger partial charge >= 0.3 is 0 Å². The van der Waals surface area contributed by atoms with E-state index in [1.54, 1.807) is 0 Å². The van der Waals surface area contributed by atoms with Gasteiger partial charge in [0.25, 0.3) is 0 Å². The number of nitrogens with one attached hydrogen (secondary N) is 1. The molecule has 0 aromatic rings. The molecular weight excluding hydrogens is 162 g/mol. The van der Waals surface area contributed by atoms with Crippen LogP contribution in [-0.2, 0) is 8.98 Å². The molecule has 0 aliphatic carbocycles. The van der Waals surface area contributed by atoms with Gasteiger partial charge in [-0.3, -0.25) is 4.79 Å². The van der Waals surface area contributed by atoms with Gasteiger partial charge in [0.1, 0.15) is 0 Å². The molecule has 4 heteroatoms. The fourth-order valence-electron chi connectivity index (χ4n) is 0.587. The number of hydrogen-bond donors (Lipinski definition) is 1. The largest absolute Gasteiger partial charge is 0.358 e. The van der Waals surface area contributed by atoms with E-state index < -0.39 is 0 Å². The molecule has 3 nitrogen and oxygen atoms in total. The van der Waals surface area contributed by atoms with Crippen LogP contribution in [0.3, 0.4) is 0 Å². The van der Waals surface area contributed by atoms with Crippen LogP contribution in [-0.4, -0.2) is 25.8 Å². The van der Waals surface area contributed by atoms with Crippen molar-refractivity contribution in [3.05, 3.63) is 0 Å². The predicted molar refractivity (Wildman–Crippen MR) is 47.3 cm³/mol. The number of carbonyl (C=O) groups is 1. The normalized spacial score (nSPS) is 11.2. The number of rotatable bonds is 6. The minimum absolute atomic E-state index is 0.0178. The van der Waals surface area contributed by atoms with E-state index in [4.69, 9.17) is 4.18 Å². The van der Waals surface area contributed by atoms with Crippen molar-refractivity contribution in [2.24, 2.45) is 5.41 Å². The summed E-state index contributed by atoms with van der Waals surface area (Å²) in [5.74, 6) is 0. The van der Waals surface area contributed by atoms with Crippen LogP contribution in [0.15, 0.2) is 0 Å². The van der Waals surface area contributed by atoms with Crippen molar-refractivity contribution in [1.82, 2.24) is 5.32 Å². The van der Waals surface area contributed by atoms with Gasteiger partial charge in [0.15, 0.2) is 0 Å². The van der Waals surface area contributed by atoms with Crippen molar-refractivity contribution < 1.29 is 8.98 Å². The Balaban J connectivity index is 3.51. The Morgan fingerprint density at radius 1 is 1.64 bits per heavy atom. The second-order valence-corrected chi connectivity index (χ2v) is 3.66. The molecular formula is C7H15NO2S. The molecule has 0 aliphatic rings. The van der Waals surface area contributed by atoms with E-state index >= 15 is 0 Å². The Bertz CT molecular complexity index is 117. The van der Waals surface area contributed by atoms with Gasteiger partial charge < -0.3 is 9.50 Å². The topological polar surface area (TPSA) is 38.3 Å². The van der Waals surface area contributed by atoms with Crippen LogP contribution in [0.4, 0.5) is 0 Å². The summed E-state index contributed by atoms with van der Waals surface area (Å²) in [5.41, 5.74) is 0.0178. The lowest BCUT2D eigenvalue weighted by Gasteiger charge is -2.22. The van der Waals surface area contributed by atoms with E-state index in [9.17, 15) is 4.79 Å². The first-order valence-electron chi connectivity index (χ1n) is 3.45. The highest BCUT2D eigenvalue weighted by molar-refractivity contribution is 7.93. The third kappa shape index (κ3) is 6.19. The van der Waals surface area contributed by atoms with Crippen LogP contribution in [0.25, 0.3) is 0 Å². The summed E-state index contributed by atoms with van der Waals surface area (Å²) in [4.78, 5) is 9.97. The number of amides is 1. The van der Waals surface area contributed by atoms with E-state index in [-0.39, 0.29) is 5.41 Å². The van der Waals surface area contributed by atoms with Gasteiger partial charge in [-0.05, 0) is 12.0 Å². The highest BCUT2D eigenvalue weighted by Crippen LogP contribution is 2.15. The van der Waals surface area contributed by atoms with Gasteiger partial charge in [-0.25, -0.2) is 0 Å². The maximum Gasteiger partial charge on any atom is 0.207 e. The summed E-state index contributed by atoms with van der Waals surface area (Å²) in [5, 5.41) is 2.63. The van der Waals surface area contributed by atoms with Crippen LogP contribution in [0.5, 0.6) is 0 Å². The fourth-order valence-corrected chi connectivity index (χ4v) is 1.02. The van der Waals surface area contributed by atoms with Crippen molar-refractivity contribution >= 4 is 18.5 Å². The average Bonchev–Trinajstić information content (AvgIpc) is 1.97. The molecule has 0 aromatic carbocycles. The maximum absolute atomic E-state index is 9.97. The molecule has 0 heterocycles. The van der Waals surface area contributed by atoms with Crippen molar-refractivity contribution in [1.29, 1.82) is 0 Å². The Morgan fingerprint density at radius 3 is 2.73 bits per heavy atom. The molecule has 0 fully saturated rings. The summed E-state index contributed by atoms with van der Waals surface area (Å²) < 4.78 is 5.16. The standard InChI is InChI=1S/C7H15NO2S/c1-7(2,4-8-6-9)5-10-11-3/h6H,4-5H2,1-3H3,(H,8,9). The molecule has 1 N–H and O–H groups in total. The SMILES string of the molecule is CSOCC(C)(C)CNC=O. The zero-order valence-electron chi connectivity index (χ0n) is 7.22. The van der Waals surface area contributed by atoms with E-state index in [1.807, 2.05) is 20.1 Å². The summed E-state index contributed by atoms with van der Waals surface area (Å²) >= 11 is 1.35. The lowest BCUT2D eigenvalue weighted by molar-refractivity contribution is -0.110. The van der Waals surface area contributed by atoms with Crippen LogP contribution < -0.4 is 5.32 Å². The molecule has 1 amide bonds. The Morgan fingerprint density at radius 2 is 2.27 bits per heavy atom. The van der Waals surface area contributed by atoms with E-state index in [1.165, 1.54) is 12.0 Å². The van der Waals surface area contributed by atoms with Gasteiger partial charge in [-0.1, -0.05) is 13.8 Å². The van der Waals surface area contributed by atoms with E-state index in [2.05, 4.69) is 5.32 Å². The van der Waals surface area contributed by atoms with Crippen molar-refractivity contribution in [2.45, 2.75) is 13.8 Å². The van der Waals surface area contributed by atoms with Gasteiger partial charge in [0.2, 0.25) is 6.41 Å². The maximum atomic E-state index is 9.97. The van der Waals surface area contributed by atoms with Gasteiger partial charge in [-0.15, -0.1) is 0 Å². The Kier molecular flexibility index (Phi) is 5.32. The van der Waals surface area contributed by atoms with Crippen molar-refractivity contribution in [2.75, 3.05) is 19.4 Å². The molecule has 0 aromatic heterocycles. The predicted octanol–water partition coefficient (Wildman–Crippen LogP) is 1.05. The first-order valence-corrected chi connectivity index (χ1v) is 4.60. The molecule has 0 saturated heterocycles. The molecule has 0 atom stereocenters. The van der Waals surface area contributed by atoms with E-state index in [0.29, 0.717) is 19.6 Å². The van der Waals surface area contributed by atoms with Gasteiger partial charge in [0, 0.05) is 18.2 Å². The second kappa shape index (κ2) is 5.43. The summed E-state index contributed by atoms with van der Waals surface area (Å²) in [6.45, 7) is 5.38. The highest BCUT2D eigenvalue weighted by atomic mass is 32.2. The smallest absolute Gasteiger partial charge is 0.207 e. The summed E-state index contributed by atoms with van der Waals surface area (Å²) in [6.07, 6.45) is 2.59. The van der Waals surface area contributed by atoms with Crippen molar-refractivity contribution in [3.8, 4) is 0 Å². The molecule has 0 rings (SSSR count). The summed E-state index contributed by atoms with van der Waals surface area (Å²) in [6, 6.07) is 0. The second-order valence-electron chi connectivity index (χ2n) is 3.09. The van der Waals surface area contributed by atoms with Crippen LogP contribution in [0.1, 0.15) is 13.8 Å². The minimum atomic E-state index is 0.0178. The van der Waals surface area contributed by atoms with Crippen LogP contribution >= 0.6 is 12.0 Å². The molecule has 0 radical (unpaired) electrons. The first kappa shape index (κ1) is 10.8. The quantitative estimate of drug-likeness (QED) is 0.487. The number of hydrogen-bond acceptors (Lipinski definition) is 3. The minimum Gasteiger partial charge on any atom is -0.358 e. The zero-order chi connectivity index (χ0) is 8.74. The molecule has 66 valence electrons. The lowest BCUT2D eigenvalue weighted by atomic mass is 9.95. The Labute approximate surface area is 72.1 Å². The van der Waals surface area contributed by atoms with Gasteiger partial charge in [0.05, 0.1) is 6.61 Å². The molecule has 0 bridgehead atoms. The summed E-state index contributed by atoms with van der Waals surface area (Å²) in [7, 11) is 0. The molecule has 0 saturated carbocycles. The number of carbonyl (C=O) groups excluding carboxylic acids is 1. The van der Waals surface area contributed by atoms with Gasteiger partial charge in [-0.2, -0.15) is 0 Å². The first-order chi connectivity index (χ1) is 5.12. The molecule has 0 unspecified atom stereocenters. The average molecular weight is 177 g/mol. The third-order valence-electron chi connectivity index (χ3n) is 1.23. The molecule has 11 heavy (non-hydrogen) atoms. The zero-order valence-corrected chi connectivity index (χ0v) is 8.03. The van der Waals surface area contributed by atoms with Crippen LogP contribution in [0, 0.1) is 5.41 Å². The molecule has 0 spiro atoms. The lowest BCUT2D eigenvalue weighted by Crippen LogP contribution is -2.31. The molecule has 0 aliphatic heterocycles. The van der Waals surface area contributed by atoms with E-state index in [0.717, 1.165) is 0 Å². The Hall–Kier alpha value is -0.220. The highest BCUT2D eigenvalue weighted by Gasteiger charge is 2.17. The third-order valence-corrected chi connectivity index (χ3v) is 1.59. The van der Waals surface area contributed by atoms with Crippen molar-refractivity contribution in [3.63, 3.8) is 0 Å².